The smallest absolute Gasteiger partial charge is 0.322 e. The molecule has 17 heavy (non-hydrogen) atoms. The Bertz CT molecular complexity index is 395. The molecule has 0 spiro atoms. The van der Waals surface area contributed by atoms with Crippen molar-refractivity contribution in [1.82, 2.24) is 5.32 Å². The van der Waals surface area contributed by atoms with Crippen LogP contribution in [0.3, 0.4) is 0 Å². The van der Waals surface area contributed by atoms with Gasteiger partial charge in [-0.3, -0.25) is 4.79 Å². The first-order chi connectivity index (χ1) is 8.04. The molecular formula is C12H16BrNO3. The van der Waals surface area contributed by atoms with Crippen LogP contribution in [0, 0.1) is 0 Å². The Kier molecular flexibility index (Phi) is 5.44. The fraction of sp³-hybridized carbons (Fsp3) is 0.417. The highest BCUT2D eigenvalue weighted by molar-refractivity contribution is 9.10. The summed E-state index contributed by atoms with van der Waals surface area (Å²) in [5.74, 6) is -0.0845. The fourth-order valence-corrected chi connectivity index (χ4v) is 1.72. The number of hydrogen-bond donors (Lipinski definition) is 2. The van der Waals surface area contributed by atoms with Gasteiger partial charge in [0.1, 0.15) is 11.8 Å². The van der Waals surface area contributed by atoms with E-state index in [4.69, 9.17) is 4.74 Å². The lowest BCUT2D eigenvalue weighted by atomic mass is 10.2. The summed E-state index contributed by atoms with van der Waals surface area (Å²) in [5.41, 5.74) is 0.732. The number of esters is 1. The van der Waals surface area contributed by atoms with Crippen molar-refractivity contribution >= 4 is 21.9 Å². The molecule has 1 aromatic rings. The number of phenolic OH excluding ortho intramolecular Hbond substituents is 1. The molecule has 0 bridgehead atoms. The summed E-state index contributed by atoms with van der Waals surface area (Å²) in [7, 11) is 0. The predicted octanol–water partition coefficient (Wildman–Crippen LogP) is 2.20. The number of carbonyl (C=O) groups is 1. The Morgan fingerprint density at radius 3 is 2.94 bits per heavy atom. The van der Waals surface area contributed by atoms with Crippen LogP contribution in [0.1, 0.15) is 19.4 Å². The lowest BCUT2D eigenvalue weighted by Gasteiger charge is -2.13. The Balaban J connectivity index is 2.55. The zero-order chi connectivity index (χ0) is 12.8. The maximum absolute atomic E-state index is 11.4. The van der Waals surface area contributed by atoms with E-state index in [9.17, 15) is 9.90 Å². The number of aromatic hydroxyl groups is 1. The number of carbonyl (C=O) groups excluding carboxylic acids is 1. The van der Waals surface area contributed by atoms with Crippen LogP contribution in [0.15, 0.2) is 22.7 Å². The molecule has 1 rings (SSSR count). The molecule has 94 valence electrons. The third kappa shape index (κ3) is 4.36. The van der Waals surface area contributed by atoms with Crippen LogP contribution in [0.5, 0.6) is 5.75 Å². The van der Waals surface area contributed by atoms with Crippen LogP contribution >= 0.6 is 15.9 Å². The van der Waals surface area contributed by atoms with Crippen LogP contribution in [0.2, 0.25) is 0 Å². The van der Waals surface area contributed by atoms with E-state index < -0.39 is 6.04 Å². The van der Waals surface area contributed by atoms with E-state index >= 15 is 0 Å². The molecule has 4 nitrogen and oxygen atoms in total. The van der Waals surface area contributed by atoms with Gasteiger partial charge in [-0.2, -0.15) is 0 Å². The number of rotatable bonds is 5. The van der Waals surface area contributed by atoms with Gasteiger partial charge >= 0.3 is 5.97 Å². The molecule has 5 heteroatoms. The lowest BCUT2D eigenvalue weighted by molar-refractivity contribution is -0.145. The zero-order valence-electron chi connectivity index (χ0n) is 9.87. The monoisotopic (exact) mass is 301 g/mol. The van der Waals surface area contributed by atoms with Crippen molar-refractivity contribution in [3.63, 3.8) is 0 Å². The highest BCUT2D eigenvalue weighted by Gasteiger charge is 2.13. The minimum Gasteiger partial charge on any atom is -0.508 e. The molecule has 0 aliphatic heterocycles. The molecule has 0 aromatic heterocycles. The number of hydrogen-bond acceptors (Lipinski definition) is 4. The molecule has 1 aromatic carbocycles. The Morgan fingerprint density at radius 2 is 2.29 bits per heavy atom. The normalized spacial score (nSPS) is 12.2. The molecule has 0 radical (unpaired) electrons. The first kappa shape index (κ1) is 14.0. The standard InChI is InChI=1S/C12H16BrNO3/c1-3-17-12(16)8(2)14-7-9-6-10(13)4-5-11(9)15/h4-6,8,14-15H,3,7H2,1-2H3. The van der Waals surface area contributed by atoms with E-state index in [0.29, 0.717) is 13.2 Å². The molecule has 1 unspecified atom stereocenters. The van der Waals surface area contributed by atoms with E-state index in [1.165, 1.54) is 0 Å². The number of halogens is 1. The molecule has 2 N–H and O–H groups in total. The highest BCUT2D eigenvalue weighted by Crippen LogP contribution is 2.21. The highest BCUT2D eigenvalue weighted by atomic mass is 79.9. The van der Waals surface area contributed by atoms with Gasteiger partial charge in [-0.05, 0) is 32.0 Å². The van der Waals surface area contributed by atoms with E-state index in [1.807, 2.05) is 0 Å². The third-order valence-corrected chi connectivity index (χ3v) is 2.77. The SMILES string of the molecule is CCOC(=O)C(C)NCc1cc(Br)ccc1O. The summed E-state index contributed by atoms with van der Waals surface area (Å²) >= 11 is 3.33. The van der Waals surface area contributed by atoms with Gasteiger partial charge in [0, 0.05) is 16.6 Å². The topological polar surface area (TPSA) is 58.6 Å². The molecule has 0 heterocycles. The maximum Gasteiger partial charge on any atom is 0.322 e. The van der Waals surface area contributed by atoms with Crippen molar-refractivity contribution in [2.75, 3.05) is 6.61 Å². The lowest BCUT2D eigenvalue weighted by Crippen LogP contribution is -2.34. The van der Waals surface area contributed by atoms with Gasteiger partial charge in [0.2, 0.25) is 0 Å². The average Bonchev–Trinajstić information content (AvgIpc) is 2.30. The van der Waals surface area contributed by atoms with Crippen molar-refractivity contribution in [2.24, 2.45) is 0 Å². The molecular weight excluding hydrogens is 286 g/mol. The van der Waals surface area contributed by atoms with E-state index in [2.05, 4.69) is 21.2 Å². The summed E-state index contributed by atoms with van der Waals surface area (Å²) in [6.07, 6.45) is 0. The van der Waals surface area contributed by atoms with Gasteiger partial charge in [0.25, 0.3) is 0 Å². The number of benzene rings is 1. The van der Waals surface area contributed by atoms with Gasteiger partial charge in [-0.15, -0.1) is 0 Å². The molecule has 0 fully saturated rings. The minimum absolute atomic E-state index is 0.205. The van der Waals surface area contributed by atoms with Crippen molar-refractivity contribution in [3.8, 4) is 5.75 Å². The summed E-state index contributed by atoms with van der Waals surface area (Å²) in [6, 6.07) is 4.78. The number of phenols is 1. The van der Waals surface area contributed by atoms with Gasteiger partial charge in [0.15, 0.2) is 0 Å². The van der Waals surface area contributed by atoms with Crippen LogP contribution in [-0.4, -0.2) is 23.7 Å². The Labute approximate surface area is 109 Å². The van der Waals surface area contributed by atoms with Crippen LogP contribution in [-0.2, 0) is 16.1 Å². The Morgan fingerprint density at radius 1 is 1.59 bits per heavy atom. The van der Waals surface area contributed by atoms with E-state index in [1.54, 1.807) is 32.0 Å². The van der Waals surface area contributed by atoms with Crippen LogP contribution < -0.4 is 5.32 Å². The summed E-state index contributed by atoms with van der Waals surface area (Å²) in [4.78, 5) is 11.4. The summed E-state index contributed by atoms with van der Waals surface area (Å²) in [5, 5.41) is 12.6. The predicted molar refractivity (Wildman–Crippen MR) is 68.7 cm³/mol. The van der Waals surface area contributed by atoms with Crippen molar-refractivity contribution < 1.29 is 14.6 Å². The maximum atomic E-state index is 11.4. The first-order valence-corrected chi connectivity index (χ1v) is 6.21. The fourth-order valence-electron chi connectivity index (χ4n) is 1.31. The molecule has 0 amide bonds. The quantitative estimate of drug-likeness (QED) is 0.819. The van der Waals surface area contributed by atoms with Gasteiger partial charge in [-0.25, -0.2) is 0 Å². The Hall–Kier alpha value is -1.07. The number of ether oxygens (including phenoxy) is 1. The van der Waals surface area contributed by atoms with Crippen LogP contribution in [0.25, 0.3) is 0 Å². The average molecular weight is 302 g/mol. The largest absolute Gasteiger partial charge is 0.508 e. The van der Waals surface area contributed by atoms with Crippen molar-refractivity contribution in [1.29, 1.82) is 0 Å². The van der Waals surface area contributed by atoms with E-state index in [-0.39, 0.29) is 11.7 Å². The first-order valence-electron chi connectivity index (χ1n) is 5.42. The van der Waals surface area contributed by atoms with E-state index in [0.717, 1.165) is 10.0 Å². The molecule has 0 aliphatic carbocycles. The second kappa shape index (κ2) is 6.61. The summed E-state index contributed by atoms with van der Waals surface area (Å²) in [6.45, 7) is 4.27. The minimum atomic E-state index is -0.395. The second-order valence-electron chi connectivity index (χ2n) is 3.63. The summed E-state index contributed by atoms with van der Waals surface area (Å²) < 4.78 is 5.76. The van der Waals surface area contributed by atoms with Crippen LogP contribution in [0.4, 0.5) is 0 Å². The van der Waals surface area contributed by atoms with Crippen molar-refractivity contribution in [3.05, 3.63) is 28.2 Å². The second-order valence-corrected chi connectivity index (χ2v) is 4.54. The van der Waals surface area contributed by atoms with Gasteiger partial charge in [0.05, 0.1) is 6.61 Å². The van der Waals surface area contributed by atoms with Gasteiger partial charge < -0.3 is 15.2 Å². The van der Waals surface area contributed by atoms with Gasteiger partial charge in [-0.1, -0.05) is 15.9 Å². The molecule has 1 atom stereocenters. The molecule has 0 saturated heterocycles. The van der Waals surface area contributed by atoms with Crippen molar-refractivity contribution in [2.45, 2.75) is 26.4 Å². The number of nitrogens with one attached hydrogen (secondary N) is 1. The third-order valence-electron chi connectivity index (χ3n) is 2.28. The molecule has 0 aliphatic rings. The zero-order valence-corrected chi connectivity index (χ0v) is 11.5. The molecule has 0 saturated carbocycles.